The van der Waals surface area contributed by atoms with Gasteiger partial charge in [-0.2, -0.15) is 18.3 Å². The zero-order chi connectivity index (χ0) is 20.6. The number of aromatic amines is 1. The summed E-state index contributed by atoms with van der Waals surface area (Å²) in [5, 5.41) is 5.40. The van der Waals surface area contributed by atoms with E-state index >= 15 is 0 Å². The van der Waals surface area contributed by atoms with Gasteiger partial charge in [-0.3, -0.25) is 4.79 Å². The van der Waals surface area contributed by atoms with Crippen LogP contribution in [0.25, 0.3) is 16.7 Å². The Morgan fingerprint density at radius 2 is 1.90 bits per heavy atom. The molecule has 0 radical (unpaired) electrons. The summed E-state index contributed by atoms with van der Waals surface area (Å²) in [6.07, 6.45) is -2.95. The van der Waals surface area contributed by atoms with Crippen molar-refractivity contribution in [3.63, 3.8) is 0 Å². The molecule has 4 aromatic rings. The minimum absolute atomic E-state index is 0.323. The van der Waals surface area contributed by atoms with E-state index in [4.69, 9.17) is 11.6 Å². The molecular formula is C19H12ClF3N4OS. The molecule has 0 spiro atoms. The van der Waals surface area contributed by atoms with Crippen LogP contribution in [0.1, 0.15) is 11.1 Å². The Kier molecular flexibility index (Phi) is 5.10. The van der Waals surface area contributed by atoms with Crippen LogP contribution in [0, 0.1) is 0 Å². The van der Waals surface area contributed by atoms with Crippen LogP contribution in [0.4, 0.5) is 13.2 Å². The van der Waals surface area contributed by atoms with Gasteiger partial charge in [-0.15, -0.1) is 0 Å². The summed E-state index contributed by atoms with van der Waals surface area (Å²) in [6, 6.07) is 11.8. The molecule has 0 aliphatic rings. The Labute approximate surface area is 171 Å². The second-order valence-corrected chi connectivity index (χ2v) is 7.53. The molecule has 0 aliphatic carbocycles. The van der Waals surface area contributed by atoms with Crippen molar-refractivity contribution in [1.29, 1.82) is 0 Å². The lowest BCUT2D eigenvalue weighted by Crippen LogP contribution is -2.09. The van der Waals surface area contributed by atoms with E-state index in [0.717, 1.165) is 12.1 Å². The topological polar surface area (TPSA) is 63.6 Å². The summed E-state index contributed by atoms with van der Waals surface area (Å²) in [5.41, 5.74) is 0.646. The maximum atomic E-state index is 12.7. The van der Waals surface area contributed by atoms with Crippen molar-refractivity contribution in [2.24, 2.45) is 0 Å². The third-order valence-corrected chi connectivity index (χ3v) is 5.31. The summed E-state index contributed by atoms with van der Waals surface area (Å²) in [6.45, 7) is 0. The highest BCUT2D eigenvalue weighted by atomic mass is 35.5. The lowest BCUT2D eigenvalue weighted by atomic mass is 10.1. The van der Waals surface area contributed by atoms with Crippen molar-refractivity contribution in [3.8, 4) is 5.69 Å². The second-order valence-electron chi connectivity index (χ2n) is 6.13. The first-order chi connectivity index (χ1) is 13.8. The molecule has 10 heteroatoms. The monoisotopic (exact) mass is 436 g/mol. The first-order valence-electron chi connectivity index (χ1n) is 8.34. The minimum atomic E-state index is -4.37. The fraction of sp³-hybridized carbons (Fsp3) is 0.105. The van der Waals surface area contributed by atoms with Crippen LogP contribution < -0.4 is 5.56 Å². The van der Waals surface area contributed by atoms with Gasteiger partial charge in [0, 0.05) is 10.8 Å². The smallest absolute Gasteiger partial charge is 0.301 e. The van der Waals surface area contributed by atoms with E-state index < -0.39 is 11.7 Å². The molecule has 2 aromatic carbocycles. The third kappa shape index (κ3) is 4.15. The summed E-state index contributed by atoms with van der Waals surface area (Å²) in [4.78, 5) is 19.5. The minimum Gasteiger partial charge on any atom is -0.301 e. The van der Waals surface area contributed by atoms with Gasteiger partial charge in [0.1, 0.15) is 5.39 Å². The first-order valence-corrected chi connectivity index (χ1v) is 9.70. The van der Waals surface area contributed by atoms with E-state index in [1.165, 1.54) is 34.8 Å². The predicted molar refractivity (Wildman–Crippen MR) is 106 cm³/mol. The predicted octanol–water partition coefficient (Wildman–Crippen LogP) is 5.07. The van der Waals surface area contributed by atoms with Crippen LogP contribution >= 0.6 is 23.4 Å². The number of nitrogens with one attached hydrogen (secondary N) is 1. The quantitative estimate of drug-likeness (QED) is 0.358. The molecule has 1 N–H and O–H groups in total. The molecule has 0 atom stereocenters. The van der Waals surface area contributed by atoms with Crippen molar-refractivity contribution in [2.75, 3.05) is 0 Å². The van der Waals surface area contributed by atoms with E-state index in [1.807, 2.05) is 0 Å². The average molecular weight is 437 g/mol. The molecule has 0 fully saturated rings. The average Bonchev–Trinajstić information content (AvgIpc) is 3.10. The van der Waals surface area contributed by atoms with Crippen LogP contribution in [-0.2, 0) is 11.9 Å². The molecule has 0 saturated carbocycles. The molecule has 0 saturated heterocycles. The van der Waals surface area contributed by atoms with Crippen molar-refractivity contribution < 1.29 is 13.2 Å². The van der Waals surface area contributed by atoms with Gasteiger partial charge in [0.15, 0.2) is 10.8 Å². The Balaban J connectivity index is 1.61. The molecule has 0 unspecified atom stereocenters. The molecule has 0 bridgehead atoms. The lowest BCUT2D eigenvalue weighted by molar-refractivity contribution is -0.137. The highest BCUT2D eigenvalue weighted by molar-refractivity contribution is 7.98. The SMILES string of the molecule is O=c1[nH]c(SCc2ccc(C(F)(F)F)cc2)nc2c1cnn2-c1cccc(Cl)c1. The summed E-state index contributed by atoms with van der Waals surface area (Å²) >= 11 is 7.24. The van der Waals surface area contributed by atoms with E-state index in [1.54, 1.807) is 24.3 Å². The number of nitrogens with zero attached hydrogens (tertiary/aromatic N) is 3. The number of halogens is 4. The number of H-pyrrole nitrogens is 1. The van der Waals surface area contributed by atoms with Crippen LogP contribution in [0.2, 0.25) is 5.02 Å². The Hall–Kier alpha value is -2.78. The normalized spacial score (nSPS) is 11.9. The molecule has 2 heterocycles. The largest absolute Gasteiger partial charge is 0.416 e. The highest BCUT2D eigenvalue weighted by Gasteiger charge is 2.29. The fourth-order valence-corrected chi connectivity index (χ4v) is 3.70. The molecule has 0 amide bonds. The van der Waals surface area contributed by atoms with Crippen LogP contribution in [0.5, 0.6) is 0 Å². The molecular weight excluding hydrogens is 425 g/mol. The number of aromatic nitrogens is 4. The van der Waals surface area contributed by atoms with E-state index in [9.17, 15) is 18.0 Å². The molecule has 5 nitrogen and oxygen atoms in total. The highest BCUT2D eigenvalue weighted by Crippen LogP contribution is 2.30. The number of alkyl halides is 3. The Morgan fingerprint density at radius 1 is 1.14 bits per heavy atom. The van der Waals surface area contributed by atoms with Crippen molar-refractivity contribution in [2.45, 2.75) is 17.1 Å². The maximum Gasteiger partial charge on any atom is 0.416 e. The van der Waals surface area contributed by atoms with Crippen molar-refractivity contribution in [3.05, 3.63) is 81.2 Å². The molecule has 148 valence electrons. The number of thioether (sulfide) groups is 1. The van der Waals surface area contributed by atoms with E-state index in [-0.39, 0.29) is 5.56 Å². The van der Waals surface area contributed by atoms with Gasteiger partial charge < -0.3 is 4.98 Å². The zero-order valence-electron chi connectivity index (χ0n) is 14.6. The van der Waals surface area contributed by atoms with Crippen molar-refractivity contribution >= 4 is 34.4 Å². The molecule has 2 aromatic heterocycles. The first kappa shape index (κ1) is 19.5. The standard InChI is InChI=1S/C19H12ClF3N4OS/c20-13-2-1-3-14(8-13)27-16-15(9-24-27)17(28)26-18(25-16)29-10-11-4-6-12(7-5-11)19(21,22)23/h1-9H,10H2,(H,25,26,28). The van der Waals surface area contributed by atoms with Gasteiger partial charge in [0.2, 0.25) is 0 Å². The summed E-state index contributed by atoms with van der Waals surface area (Å²) in [7, 11) is 0. The molecule has 4 rings (SSSR count). The van der Waals surface area contributed by atoms with Gasteiger partial charge in [-0.05, 0) is 35.9 Å². The van der Waals surface area contributed by atoms with Gasteiger partial charge >= 0.3 is 6.18 Å². The number of hydrogen-bond donors (Lipinski definition) is 1. The second kappa shape index (κ2) is 7.57. The number of hydrogen-bond acceptors (Lipinski definition) is 4. The summed E-state index contributed by atoms with van der Waals surface area (Å²) in [5.74, 6) is 0.345. The lowest BCUT2D eigenvalue weighted by Gasteiger charge is -2.08. The van der Waals surface area contributed by atoms with E-state index in [0.29, 0.717) is 38.2 Å². The molecule has 0 aliphatic heterocycles. The Morgan fingerprint density at radius 3 is 2.59 bits per heavy atom. The number of benzene rings is 2. The van der Waals surface area contributed by atoms with Crippen LogP contribution in [0.15, 0.2) is 64.7 Å². The van der Waals surface area contributed by atoms with E-state index in [2.05, 4.69) is 15.1 Å². The van der Waals surface area contributed by atoms with Crippen LogP contribution in [0.3, 0.4) is 0 Å². The van der Waals surface area contributed by atoms with Gasteiger partial charge in [0.25, 0.3) is 5.56 Å². The molecule has 29 heavy (non-hydrogen) atoms. The Bertz CT molecular complexity index is 1230. The van der Waals surface area contributed by atoms with Gasteiger partial charge in [-0.25, -0.2) is 9.67 Å². The van der Waals surface area contributed by atoms with Crippen molar-refractivity contribution in [1.82, 2.24) is 19.7 Å². The zero-order valence-corrected chi connectivity index (χ0v) is 16.1. The van der Waals surface area contributed by atoms with Gasteiger partial charge in [0.05, 0.1) is 17.4 Å². The number of rotatable bonds is 4. The van der Waals surface area contributed by atoms with Crippen LogP contribution in [-0.4, -0.2) is 19.7 Å². The number of fused-ring (bicyclic) bond motifs is 1. The fourth-order valence-electron chi connectivity index (χ4n) is 2.71. The third-order valence-electron chi connectivity index (χ3n) is 4.13. The maximum absolute atomic E-state index is 12.7. The van der Waals surface area contributed by atoms with Gasteiger partial charge in [-0.1, -0.05) is 41.6 Å². The summed E-state index contributed by atoms with van der Waals surface area (Å²) < 4.78 is 39.5.